The van der Waals surface area contributed by atoms with Crippen LogP contribution >= 0.6 is 0 Å². The van der Waals surface area contributed by atoms with Crippen molar-refractivity contribution in [3.8, 4) is 22.5 Å². The Morgan fingerprint density at radius 3 is 2.35 bits per heavy atom. The van der Waals surface area contributed by atoms with E-state index in [-0.39, 0.29) is 6.04 Å². The Hall–Kier alpha value is -3.74. The van der Waals surface area contributed by atoms with Gasteiger partial charge in [0.2, 0.25) is 0 Å². The number of aliphatic hydroxyl groups excluding tert-OH is 1. The van der Waals surface area contributed by atoms with Crippen LogP contribution < -0.4 is 5.32 Å². The van der Waals surface area contributed by atoms with E-state index in [1.165, 1.54) is 11.1 Å². The minimum absolute atomic E-state index is 0.144. The van der Waals surface area contributed by atoms with E-state index in [1.54, 1.807) is 0 Å². The summed E-state index contributed by atoms with van der Waals surface area (Å²) in [7, 11) is 0. The van der Waals surface area contributed by atoms with Gasteiger partial charge in [-0.1, -0.05) is 78.0 Å². The van der Waals surface area contributed by atoms with Crippen LogP contribution in [0.5, 0.6) is 0 Å². The zero-order valence-electron chi connectivity index (χ0n) is 20.8. The van der Waals surface area contributed by atoms with Crippen LogP contribution in [0.25, 0.3) is 22.5 Å². The summed E-state index contributed by atoms with van der Waals surface area (Å²) < 4.78 is 5.69. The molecule has 1 heterocycles. The molecule has 2 atom stereocenters. The van der Waals surface area contributed by atoms with Gasteiger partial charge in [0.05, 0.1) is 11.1 Å². The number of carbonyl (C=O) groups is 1. The highest BCUT2D eigenvalue weighted by atomic mass is 16.5. The van der Waals surface area contributed by atoms with E-state index >= 15 is 0 Å². The number of nitrogens with one attached hydrogen (secondary N) is 1. The molecule has 1 saturated carbocycles. The second-order valence-electron chi connectivity index (χ2n) is 10.3. The molecule has 4 aromatic rings. The second kappa shape index (κ2) is 9.29. The van der Waals surface area contributed by atoms with Gasteiger partial charge in [0.15, 0.2) is 5.76 Å². The summed E-state index contributed by atoms with van der Waals surface area (Å²) in [5.41, 5.74) is 7.43. The van der Waals surface area contributed by atoms with Crippen LogP contribution in [-0.2, 0) is 23.1 Å². The number of hydrogen-bond donors (Lipinski definition) is 3. The molecule has 0 amide bonds. The summed E-state index contributed by atoms with van der Waals surface area (Å²) in [6.45, 7) is 1.90. The molecule has 1 aromatic heterocycles. The van der Waals surface area contributed by atoms with Crippen LogP contribution in [0.15, 0.2) is 77.3 Å². The SMILES string of the molecule is Cc1noc(-c2ccc(-c3ccc(C4(C(=O)O)CC4)cc3)cc2)c1CC(O)N[C@H]1CCc2ccccc21. The van der Waals surface area contributed by atoms with Gasteiger partial charge in [-0.2, -0.15) is 0 Å². The number of aromatic nitrogens is 1. The lowest BCUT2D eigenvalue weighted by molar-refractivity contribution is -0.140. The van der Waals surface area contributed by atoms with Gasteiger partial charge in [-0.15, -0.1) is 0 Å². The van der Waals surface area contributed by atoms with Gasteiger partial charge in [-0.3, -0.25) is 10.1 Å². The number of aryl methyl sites for hydroxylation is 2. The maximum Gasteiger partial charge on any atom is 0.314 e. The molecule has 6 rings (SSSR count). The lowest BCUT2D eigenvalue weighted by Crippen LogP contribution is -2.33. The monoisotopic (exact) mass is 494 g/mol. The van der Waals surface area contributed by atoms with Crippen LogP contribution in [0.2, 0.25) is 0 Å². The van der Waals surface area contributed by atoms with E-state index in [1.807, 2.05) is 61.5 Å². The van der Waals surface area contributed by atoms with Crippen molar-refractivity contribution in [3.63, 3.8) is 0 Å². The molecule has 1 unspecified atom stereocenters. The first-order chi connectivity index (χ1) is 17.9. The third kappa shape index (κ3) is 4.37. The highest BCUT2D eigenvalue weighted by molar-refractivity contribution is 5.85. The van der Waals surface area contributed by atoms with Crippen molar-refractivity contribution >= 4 is 5.97 Å². The van der Waals surface area contributed by atoms with E-state index in [2.05, 4.69) is 28.7 Å². The maximum absolute atomic E-state index is 11.6. The average Bonchev–Trinajstić information content (AvgIpc) is 3.54. The minimum atomic E-state index is -0.740. The predicted octanol–water partition coefficient (Wildman–Crippen LogP) is 5.57. The molecule has 0 aliphatic heterocycles. The van der Waals surface area contributed by atoms with Crippen LogP contribution in [-0.4, -0.2) is 27.6 Å². The number of aliphatic carboxylic acids is 1. The van der Waals surface area contributed by atoms with Crippen LogP contribution in [0.4, 0.5) is 0 Å². The molecule has 6 nitrogen and oxygen atoms in total. The van der Waals surface area contributed by atoms with E-state index in [0.717, 1.165) is 46.4 Å². The quantitative estimate of drug-likeness (QED) is 0.277. The van der Waals surface area contributed by atoms with Crippen molar-refractivity contribution < 1.29 is 19.5 Å². The fourth-order valence-corrected chi connectivity index (χ4v) is 5.62. The molecular formula is C31H30N2O4. The van der Waals surface area contributed by atoms with Crippen molar-refractivity contribution in [2.24, 2.45) is 0 Å². The number of hydrogen-bond acceptors (Lipinski definition) is 5. The van der Waals surface area contributed by atoms with Crippen LogP contribution in [0, 0.1) is 6.92 Å². The van der Waals surface area contributed by atoms with Crippen molar-refractivity contribution in [1.82, 2.24) is 10.5 Å². The standard InChI is InChI=1S/C31H30N2O4/c1-19-26(18-28(34)32-27-15-12-22-4-2-3-5-25(22)27)29(37-33-19)23-8-6-20(7-9-23)21-10-13-24(14-11-21)31(16-17-31)30(35)36/h2-11,13-14,27-28,32,34H,12,15-18H2,1H3,(H,35,36)/t27-,28?/m0/s1. The fourth-order valence-electron chi connectivity index (χ4n) is 5.62. The average molecular weight is 495 g/mol. The summed E-state index contributed by atoms with van der Waals surface area (Å²) in [6, 6.07) is 24.4. The summed E-state index contributed by atoms with van der Waals surface area (Å²) in [6.07, 6.45) is 3.09. The van der Waals surface area contributed by atoms with E-state index in [0.29, 0.717) is 25.0 Å². The molecule has 2 aliphatic rings. The number of fused-ring (bicyclic) bond motifs is 1. The summed E-state index contributed by atoms with van der Waals surface area (Å²) in [5.74, 6) is -0.0691. The first-order valence-electron chi connectivity index (χ1n) is 12.9. The lowest BCUT2D eigenvalue weighted by Gasteiger charge is -2.19. The van der Waals surface area contributed by atoms with Gasteiger partial charge < -0.3 is 14.7 Å². The molecule has 1 fully saturated rings. The van der Waals surface area contributed by atoms with Crippen molar-refractivity contribution in [3.05, 3.63) is 101 Å². The van der Waals surface area contributed by atoms with Gasteiger partial charge in [-0.25, -0.2) is 0 Å². The molecule has 188 valence electrons. The molecule has 0 spiro atoms. The Morgan fingerprint density at radius 1 is 1.03 bits per heavy atom. The van der Waals surface area contributed by atoms with Crippen molar-refractivity contribution in [1.29, 1.82) is 0 Å². The Labute approximate surface area is 216 Å². The zero-order valence-corrected chi connectivity index (χ0v) is 20.8. The molecular weight excluding hydrogens is 464 g/mol. The van der Waals surface area contributed by atoms with Crippen molar-refractivity contribution in [2.75, 3.05) is 0 Å². The zero-order chi connectivity index (χ0) is 25.6. The van der Waals surface area contributed by atoms with E-state index < -0.39 is 17.6 Å². The van der Waals surface area contributed by atoms with Gasteiger partial charge in [-0.05, 0) is 60.4 Å². The molecule has 3 aromatic carbocycles. The molecule has 0 bridgehead atoms. The van der Waals surface area contributed by atoms with E-state index in [4.69, 9.17) is 4.52 Å². The number of carboxylic acid groups (broad SMARTS) is 1. The van der Waals surface area contributed by atoms with Crippen LogP contribution in [0.3, 0.4) is 0 Å². The molecule has 37 heavy (non-hydrogen) atoms. The summed E-state index contributed by atoms with van der Waals surface area (Å²) in [4.78, 5) is 11.6. The van der Waals surface area contributed by atoms with Gasteiger partial charge in [0.1, 0.15) is 6.23 Å². The fraction of sp³-hybridized carbons (Fsp3) is 0.290. The van der Waals surface area contributed by atoms with Gasteiger partial charge in [0.25, 0.3) is 0 Å². The molecule has 0 saturated heterocycles. The molecule has 2 aliphatic carbocycles. The van der Waals surface area contributed by atoms with Gasteiger partial charge >= 0.3 is 5.97 Å². The minimum Gasteiger partial charge on any atom is -0.481 e. The summed E-state index contributed by atoms with van der Waals surface area (Å²) in [5, 5.41) is 28.0. The third-order valence-corrected chi connectivity index (χ3v) is 7.99. The first-order valence-corrected chi connectivity index (χ1v) is 12.9. The Bertz CT molecular complexity index is 1440. The molecule has 0 radical (unpaired) electrons. The molecule has 3 N–H and O–H groups in total. The Morgan fingerprint density at radius 2 is 1.68 bits per heavy atom. The van der Waals surface area contributed by atoms with Crippen LogP contribution in [0.1, 0.15) is 53.3 Å². The number of aliphatic hydroxyl groups is 1. The van der Waals surface area contributed by atoms with Gasteiger partial charge in [0, 0.05) is 23.6 Å². The maximum atomic E-state index is 11.6. The van der Waals surface area contributed by atoms with Crippen molar-refractivity contribution in [2.45, 2.75) is 56.7 Å². The highest BCUT2D eigenvalue weighted by Crippen LogP contribution is 2.48. The summed E-state index contributed by atoms with van der Waals surface area (Å²) >= 11 is 0. The Kier molecular flexibility index (Phi) is 5.94. The smallest absolute Gasteiger partial charge is 0.314 e. The normalized spacial score (nSPS) is 18.4. The second-order valence-corrected chi connectivity index (χ2v) is 10.3. The lowest BCUT2D eigenvalue weighted by atomic mass is 9.93. The molecule has 6 heteroatoms. The number of benzene rings is 3. The first kappa shape index (κ1) is 23.6. The third-order valence-electron chi connectivity index (χ3n) is 7.99. The number of rotatable bonds is 8. The Balaban J connectivity index is 1.17. The number of nitrogens with zero attached hydrogens (tertiary/aromatic N) is 1. The van der Waals surface area contributed by atoms with E-state index in [9.17, 15) is 15.0 Å². The number of carboxylic acids is 1. The largest absolute Gasteiger partial charge is 0.481 e. The highest BCUT2D eigenvalue weighted by Gasteiger charge is 2.51. The predicted molar refractivity (Wildman–Crippen MR) is 141 cm³/mol. The topological polar surface area (TPSA) is 95.6 Å².